The van der Waals surface area contributed by atoms with Crippen LogP contribution in [0.25, 0.3) is 131 Å². The van der Waals surface area contributed by atoms with Crippen LogP contribution in [-0.2, 0) is 16.2 Å². The van der Waals surface area contributed by atoms with Crippen molar-refractivity contribution in [1.29, 1.82) is 0 Å². The van der Waals surface area contributed by atoms with Crippen LogP contribution in [0.4, 0.5) is 17.1 Å². The molecule has 0 saturated heterocycles. The molecule has 15 aromatic carbocycles. The Morgan fingerprint density at radius 3 is 0.705 bits per heavy atom. The van der Waals surface area contributed by atoms with Gasteiger partial charge in [-0.15, -0.1) is 0 Å². The van der Waals surface area contributed by atoms with Gasteiger partial charge >= 0.3 is 0 Å². The molecule has 18 rings (SSSR count). The standard InChI is InChI=1S/C87H63N/c1-85(2)79-46-55(76-43-52-19-7-10-22-61(52)64-25-13-16-28-67(64)76)31-37-70(79)73-40-34-58(49-82(73)85)88(59-35-41-74-71-38-32-56(47-80(71)86(3,4)83(74)50-59)77-44-53-20-8-11-23-62(53)65-26-14-17-29-68(65)77)60-36-42-75-72-39-33-57(48-81(72)87(5,6)84(75)51-60)78-45-54-21-9-12-24-63(54)66-27-15-18-30-69(66)78/h7-51H,1-6H3. The number of fused-ring (bicyclic) bond motifs is 18. The predicted octanol–water partition coefficient (Wildman–Crippen LogP) is 24.0. The minimum absolute atomic E-state index is 0.277. The van der Waals surface area contributed by atoms with Crippen LogP contribution in [0.1, 0.15) is 74.9 Å². The van der Waals surface area contributed by atoms with Gasteiger partial charge in [0.2, 0.25) is 0 Å². The maximum atomic E-state index is 2.56. The van der Waals surface area contributed by atoms with Crippen molar-refractivity contribution in [3.05, 3.63) is 306 Å². The van der Waals surface area contributed by atoms with Crippen LogP contribution >= 0.6 is 0 Å². The fourth-order valence-corrected chi connectivity index (χ4v) is 16.4. The Labute approximate surface area is 514 Å². The molecule has 3 aliphatic rings. The highest BCUT2D eigenvalue weighted by Crippen LogP contribution is 2.57. The zero-order valence-corrected chi connectivity index (χ0v) is 50.4. The number of benzene rings is 15. The third kappa shape index (κ3) is 7.22. The molecule has 15 aromatic rings. The Hall–Kier alpha value is -10.3. The van der Waals surface area contributed by atoms with E-state index in [9.17, 15) is 0 Å². The molecule has 1 nitrogen and oxygen atoms in total. The Morgan fingerprint density at radius 2 is 0.420 bits per heavy atom. The van der Waals surface area contributed by atoms with Gasteiger partial charge in [0.05, 0.1) is 0 Å². The zero-order valence-electron chi connectivity index (χ0n) is 50.4. The van der Waals surface area contributed by atoms with Gasteiger partial charge in [-0.2, -0.15) is 0 Å². The average molecular weight is 1120 g/mol. The molecule has 0 aliphatic heterocycles. The fourth-order valence-electron chi connectivity index (χ4n) is 16.4. The first-order chi connectivity index (χ1) is 42.9. The first-order valence-electron chi connectivity index (χ1n) is 31.3. The normalized spacial score (nSPS) is 14.5. The molecule has 0 atom stereocenters. The molecule has 0 unspecified atom stereocenters. The zero-order chi connectivity index (χ0) is 58.9. The quantitative estimate of drug-likeness (QED) is 0.150. The molecule has 0 aromatic heterocycles. The van der Waals surface area contributed by atoms with Crippen LogP contribution in [0.2, 0.25) is 0 Å². The lowest BCUT2D eigenvalue weighted by Gasteiger charge is -2.31. The highest BCUT2D eigenvalue weighted by Gasteiger charge is 2.40. The summed E-state index contributed by atoms with van der Waals surface area (Å²) in [6.45, 7) is 14.6. The van der Waals surface area contributed by atoms with Crippen molar-refractivity contribution in [3.8, 4) is 66.8 Å². The van der Waals surface area contributed by atoms with Crippen LogP contribution in [0, 0.1) is 0 Å². The molecule has 1 heteroatoms. The number of anilines is 3. The van der Waals surface area contributed by atoms with Gasteiger partial charge in [-0.3, -0.25) is 0 Å². The summed E-state index contributed by atoms with van der Waals surface area (Å²) in [5.41, 5.74) is 26.2. The molecule has 0 heterocycles. The van der Waals surface area contributed by atoms with Crippen molar-refractivity contribution in [2.24, 2.45) is 0 Å². The lowest BCUT2D eigenvalue weighted by molar-refractivity contribution is 0.659. The minimum Gasteiger partial charge on any atom is -0.310 e. The van der Waals surface area contributed by atoms with E-state index in [0.717, 1.165) is 17.1 Å². The summed E-state index contributed by atoms with van der Waals surface area (Å²) in [6.07, 6.45) is 0. The summed E-state index contributed by atoms with van der Waals surface area (Å²) in [5.74, 6) is 0. The molecular weight excluding hydrogens is 1060 g/mol. The van der Waals surface area contributed by atoms with E-state index in [1.807, 2.05) is 0 Å². The lowest BCUT2D eigenvalue weighted by atomic mass is 9.80. The second kappa shape index (κ2) is 18.3. The van der Waals surface area contributed by atoms with E-state index in [-0.39, 0.29) is 16.2 Å². The van der Waals surface area contributed by atoms with Gasteiger partial charge in [-0.1, -0.05) is 242 Å². The largest absolute Gasteiger partial charge is 0.310 e. The van der Waals surface area contributed by atoms with Gasteiger partial charge in [-0.25, -0.2) is 0 Å². The number of nitrogens with zero attached hydrogens (tertiary/aromatic N) is 1. The molecular formula is C87H63N. The van der Waals surface area contributed by atoms with Crippen molar-refractivity contribution in [2.45, 2.75) is 57.8 Å². The van der Waals surface area contributed by atoms with Crippen molar-refractivity contribution >= 4 is 81.7 Å². The molecule has 0 spiro atoms. The van der Waals surface area contributed by atoms with Crippen molar-refractivity contribution in [2.75, 3.05) is 4.90 Å². The van der Waals surface area contributed by atoms with Crippen molar-refractivity contribution < 1.29 is 0 Å². The number of hydrogen-bond donors (Lipinski definition) is 0. The smallest absolute Gasteiger partial charge is 0.0465 e. The molecule has 0 radical (unpaired) electrons. The summed E-state index contributed by atoms with van der Waals surface area (Å²) in [5, 5.41) is 15.4. The molecule has 0 N–H and O–H groups in total. The van der Waals surface area contributed by atoms with E-state index in [0.29, 0.717) is 0 Å². The molecule has 416 valence electrons. The van der Waals surface area contributed by atoms with Gasteiger partial charge in [0.25, 0.3) is 0 Å². The van der Waals surface area contributed by atoms with Gasteiger partial charge in [-0.05, 0) is 238 Å². The molecule has 88 heavy (non-hydrogen) atoms. The van der Waals surface area contributed by atoms with Crippen molar-refractivity contribution in [1.82, 2.24) is 0 Å². The van der Waals surface area contributed by atoms with E-state index in [2.05, 4.69) is 319 Å². The molecule has 0 bridgehead atoms. The Kier molecular flexibility index (Phi) is 10.6. The van der Waals surface area contributed by atoms with Crippen LogP contribution in [0.15, 0.2) is 273 Å². The van der Waals surface area contributed by atoms with E-state index in [1.165, 1.54) is 165 Å². The fraction of sp³-hybridized carbons (Fsp3) is 0.103. The van der Waals surface area contributed by atoms with Gasteiger partial charge in [0.15, 0.2) is 0 Å². The summed E-state index contributed by atoms with van der Waals surface area (Å²) < 4.78 is 0. The van der Waals surface area contributed by atoms with Gasteiger partial charge < -0.3 is 4.90 Å². The predicted molar refractivity (Wildman–Crippen MR) is 375 cm³/mol. The first-order valence-corrected chi connectivity index (χ1v) is 31.3. The molecule has 0 amide bonds. The second-order valence-electron chi connectivity index (χ2n) is 26.8. The highest BCUT2D eigenvalue weighted by molar-refractivity contribution is 6.16. The van der Waals surface area contributed by atoms with E-state index in [1.54, 1.807) is 0 Å². The number of hydrogen-bond acceptors (Lipinski definition) is 1. The van der Waals surface area contributed by atoms with E-state index < -0.39 is 0 Å². The van der Waals surface area contributed by atoms with Crippen LogP contribution in [0.3, 0.4) is 0 Å². The summed E-state index contributed by atoms with van der Waals surface area (Å²) in [6, 6.07) is 104. The minimum atomic E-state index is -0.277. The van der Waals surface area contributed by atoms with Gasteiger partial charge in [0.1, 0.15) is 0 Å². The summed E-state index contributed by atoms with van der Waals surface area (Å²) >= 11 is 0. The topological polar surface area (TPSA) is 3.24 Å². The summed E-state index contributed by atoms with van der Waals surface area (Å²) in [7, 11) is 0. The lowest BCUT2D eigenvalue weighted by Crippen LogP contribution is -2.19. The first kappa shape index (κ1) is 50.9. The Bertz CT molecular complexity index is 5010. The Balaban J connectivity index is 0.774. The van der Waals surface area contributed by atoms with E-state index in [4.69, 9.17) is 0 Å². The van der Waals surface area contributed by atoms with Crippen LogP contribution in [0.5, 0.6) is 0 Å². The third-order valence-corrected chi connectivity index (χ3v) is 21.0. The molecule has 3 aliphatic carbocycles. The molecule has 0 fully saturated rings. The van der Waals surface area contributed by atoms with Crippen molar-refractivity contribution in [3.63, 3.8) is 0 Å². The number of rotatable bonds is 6. The maximum absolute atomic E-state index is 2.56. The average Bonchev–Trinajstić information content (AvgIpc) is 1.76. The Morgan fingerprint density at radius 1 is 0.193 bits per heavy atom. The maximum Gasteiger partial charge on any atom is 0.0465 e. The van der Waals surface area contributed by atoms with E-state index >= 15 is 0 Å². The molecule has 0 saturated carbocycles. The second-order valence-corrected chi connectivity index (χ2v) is 26.8. The van der Waals surface area contributed by atoms with Crippen LogP contribution < -0.4 is 4.90 Å². The SMILES string of the molecule is CC1(C)c2cc(-c3cc4ccccc4c4ccccc34)ccc2-c2ccc(N(c3ccc4c(c3)C(C)(C)c3cc(-c5cc6ccccc6c6ccccc56)ccc3-4)c3ccc4c(c3)C(C)(C)c3cc(-c5cc6ccccc6c6ccccc56)ccc3-4)cc21. The van der Waals surface area contributed by atoms with Gasteiger partial charge in [0, 0.05) is 33.3 Å². The highest BCUT2D eigenvalue weighted by atomic mass is 15.1. The summed E-state index contributed by atoms with van der Waals surface area (Å²) in [4.78, 5) is 2.56. The van der Waals surface area contributed by atoms with Crippen LogP contribution in [-0.4, -0.2) is 0 Å². The monoisotopic (exact) mass is 1120 g/mol. The third-order valence-electron chi connectivity index (χ3n) is 21.0.